The van der Waals surface area contributed by atoms with Gasteiger partial charge in [-0.15, -0.1) is 0 Å². The molecule has 5 nitrogen and oxygen atoms in total. The molecule has 1 aromatic carbocycles. The molecule has 0 saturated heterocycles. The van der Waals surface area contributed by atoms with Gasteiger partial charge >= 0.3 is 0 Å². The van der Waals surface area contributed by atoms with Crippen LogP contribution in [0, 0.1) is 0 Å². The zero-order valence-electron chi connectivity index (χ0n) is 9.83. The smallest absolute Gasteiger partial charge is 0.239 e. The van der Waals surface area contributed by atoms with Gasteiger partial charge in [0, 0.05) is 28.8 Å². The molecule has 0 aliphatic rings. The molecule has 0 spiro atoms. The number of amides is 1. The molecule has 2 aromatic rings. The number of nitrogen functional groups attached to an aromatic ring is 1. The summed E-state index contributed by atoms with van der Waals surface area (Å²) in [5.41, 5.74) is 8.10. The zero-order valence-corrected chi connectivity index (χ0v) is 11.4. The van der Waals surface area contributed by atoms with E-state index in [1.165, 1.54) is 0 Å². The van der Waals surface area contributed by atoms with Crippen molar-refractivity contribution in [3.05, 3.63) is 28.9 Å². The quantitative estimate of drug-likeness (QED) is 0.755. The Bertz CT molecular complexity index is 600. The maximum absolute atomic E-state index is 11.2. The summed E-state index contributed by atoms with van der Waals surface area (Å²) >= 11 is 3.36. The summed E-state index contributed by atoms with van der Waals surface area (Å²) in [7, 11) is 1.60. The first-order chi connectivity index (χ1) is 8.61. The number of benzene rings is 1. The van der Waals surface area contributed by atoms with Crippen LogP contribution in [0.25, 0.3) is 10.9 Å². The van der Waals surface area contributed by atoms with Crippen LogP contribution in [0.3, 0.4) is 0 Å². The Kier molecular flexibility index (Phi) is 3.66. The molecule has 94 valence electrons. The molecule has 2 rings (SSSR count). The van der Waals surface area contributed by atoms with Crippen LogP contribution in [0.2, 0.25) is 0 Å². The van der Waals surface area contributed by atoms with Crippen molar-refractivity contribution in [3.63, 3.8) is 0 Å². The maximum Gasteiger partial charge on any atom is 0.239 e. The summed E-state index contributed by atoms with van der Waals surface area (Å²) in [5, 5.41) is 6.44. The molecular formula is C12H13BrN4O. The Morgan fingerprint density at radius 1 is 1.50 bits per heavy atom. The van der Waals surface area contributed by atoms with Gasteiger partial charge in [-0.25, -0.2) is 0 Å². The van der Waals surface area contributed by atoms with E-state index in [0.29, 0.717) is 5.69 Å². The molecule has 0 saturated carbocycles. The third kappa shape index (κ3) is 2.53. The van der Waals surface area contributed by atoms with Gasteiger partial charge in [0.15, 0.2) is 0 Å². The fraction of sp³-hybridized carbons (Fsp3) is 0.167. The molecule has 0 aliphatic carbocycles. The number of rotatable bonds is 3. The standard InChI is InChI=1S/C12H13BrN4O/c1-15-11(18)6-16-10-3-2-9(14)8-4-7(13)5-17-12(8)10/h2-5,16H,6,14H2,1H3,(H,15,18). The van der Waals surface area contributed by atoms with Crippen molar-refractivity contribution in [2.75, 3.05) is 24.6 Å². The number of nitrogens with zero attached hydrogens (tertiary/aromatic N) is 1. The largest absolute Gasteiger partial charge is 0.398 e. The van der Waals surface area contributed by atoms with Crippen LogP contribution in [0.1, 0.15) is 0 Å². The number of aromatic nitrogens is 1. The van der Waals surface area contributed by atoms with Crippen molar-refractivity contribution in [2.24, 2.45) is 0 Å². The van der Waals surface area contributed by atoms with Gasteiger partial charge in [-0.1, -0.05) is 0 Å². The SMILES string of the molecule is CNC(=O)CNc1ccc(N)c2cc(Br)cnc12. The Morgan fingerprint density at radius 3 is 3.00 bits per heavy atom. The van der Waals surface area contributed by atoms with E-state index >= 15 is 0 Å². The van der Waals surface area contributed by atoms with Crippen LogP contribution in [-0.2, 0) is 4.79 Å². The Morgan fingerprint density at radius 2 is 2.28 bits per heavy atom. The van der Waals surface area contributed by atoms with Gasteiger partial charge in [0.05, 0.1) is 17.7 Å². The molecule has 1 aromatic heterocycles. The lowest BCUT2D eigenvalue weighted by molar-refractivity contribution is -0.118. The summed E-state index contributed by atoms with van der Waals surface area (Å²) in [6, 6.07) is 5.52. The molecule has 0 fully saturated rings. The number of carbonyl (C=O) groups excluding carboxylic acids is 1. The summed E-state index contributed by atoms with van der Waals surface area (Å²) in [6.07, 6.45) is 1.70. The lowest BCUT2D eigenvalue weighted by Gasteiger charge is -2.10. The molecule has 1 amide bonds. The van der Waals surface area contributed by atoms with Crippen LogP contribution in [0.5, 0.6) is 0 Å². The molecule has 0 radical (unpaired) electrons. The number of pyridine rings is 1. The van der Waals surface area contributed by atoms with Crippen LogP contribution in [0.4, 0.5) is 11.4 Å². The van der Waals surface area contributed by atoms with Crippen molar-refractivity contribution in [1.82, 2.24) is 10.3 Å². The minimum absolute atomic E-state index is 0.0860. The van der Waals surface area contributed by atoms with Crippen LogP contribution < -0.4 is 16.4 Å². The Hall–Kier alpha value is -1.82. The second-order valence-corrected chi connectivity index (χ2v) is 4.69. The minimum Gasteiger partial charge on any atom is -0.398 e. The summed E-state index contributed by atoms with van der Waals surface area (Å²) in [5.74, 6) is -0.0860. The van der Waals surface area contributed by atoms with Crippen molar-refractivity contribution >= 4 is 44.1 Å². The molecule has 4 N–H and O–H groups in total. The summed E-state index contributed by atoms with van der Waals surface area (Å²) < 4.78 is 0.866. The van der Waals surface area contributed by atoms with E-state index in [-0.39, 0.29) is 12.5 Å². The number of nitrogens with one attached hydrogen (secondary N) is 2. The van der Waals surface area contributed by atoms with E-state index in [4.69, 9.17) is 5.73 Å². The molecule has 0 bridgehead atoms. The third-order valence-corrected chi connectivity index (χ3v) is 3.00. The molecule has 18 heavy (non-hydrogen) atoms. The highest BCUT2D eigenvalue weighted by molar-refractivity contribution is 9.10. The molecule has 0 unspecified atom stereocenters. The number of fused-ring (bicyclic) bond motifs is 1. The van der Waals surface area contributed by atoms with Crippen molar-refractivity contribution < 1.29 is 4.79 Å². The Balaban J connectivity index is 2.40. The predicted molar refractivity (Wildman–Crippen MR) is 76.4 cm³/mol. The maximum atomic E-state index is 11.2. The number of hydrogen-bond acceptors (Lipinski definition) is 4. The van der Waals surface area contributed by atoms with E-state index in [2.05, 4.69) is 31.5 Å². The summed E-state index contributed by atoms with van der Waals surface area (Å²) in [6.45, 7) is 0.202. The normalized spacial score (nSPS) is 10.3. The number of hydrogen-bond donors (Lipinski definition) is 3. The minimum atomic E-state index is -0.0860. The molecular weight excluding hydrogens is 296 g/mol. The fourth-order valence-electron chi connectivity index (χ4n) is 1.62. The van der Waals surface area contributed by atoms with Gasteiger partial charge in [0.25, 0.3) is 0 Å². The first kappa shape index (κ1) is 12.6. The highest BCUT2D eigenvalue weighted by Gasteiger charge is 2.07. The second-order valence-electron chi connectivity index (χ2n) is 3.78. The van der Waals surface area contributed by atoms with Crippen LogP contribution in [0.15, 0.2) is 28.9 Å². The third-order valence-electron chi connectivity index (χ3n) is 2.57. The van der Waals surface area contributed by atoms with Crippen molar-refractivity contribution in [1.29, 1.82) is 0 Å². The number of nitrogens with two attached hydrogens (primary N) is 1. The van der Waals surface area contributed by atoms with Gasteiger partial charge in [-0.05, 0) is 34.1 Å². The van der Waals surface area contributed by atoms with Gasteiger partial charge in [-0.2, -0.15) is 0 Å². The molecule has 6 heteroatoms. The summed E-state index contributed by atoms with van der Waals surface area (Å²) in [4.78, 5) is 15.5. The van der Waals surface area contributed by atoms with Gasteiger partial charge < -0.3 is 16.4 Å². The van der Waals surface area contributed by atoms with E-state index in [1.807, 2.05) is 12.1 Å². The van der Waals surface area contributed by atoms with Crippen LogP contribution in [-0.4, -0.2) is 24.5 Å². The topological polar surface area (TPSA) is 80.0 Å². The average Bonchev–Trinajstić information content (AvgIpc) is 2.38. The zero-order chi connectivity index (χ0) is 13.1. The lowest BCUT2D eigenvalue weighted by atomic mass is 10.1. The first-order valence-corrected chi connectivity index (χ1v) is 6.19. The van der Waals surface area contributed by atoms with Crippen molar-refractivity contribution in [2.45, 2.75) is 0 Å². The number of halogens is 1. The van der Waals surface area contributed by atoms with E-state index in [0.717, 1.165) is 21.1 Å². The van der Waals surface area contributed by atoms with Gasteiger partial charge in [-0.3, -0.25) is 9.78 Å². The van der Waals surface area contributed by atoms with Crippen molar-refractivity contribution in [3.8, 4) is 0 Å². The number of carbonyl (C=O) groups is 1. The highest BCUT2D eigenvalue weighted by Crippen LogP contribution is 2.28. The predicted octanol–water partition coefficient (Wildman–Crippen LogP) is 1.74. The van der Waals surface area contributed by atoms with E-state index in [1.54, 1.807) is 19.3 Å². The van der Waals surface area contributed by atoms with Crippen LogP contribution >= 0.6 is 15.9 Å². The fourth-order valence-corrected chi connectivity index (χ4v) is 1.95. The monoisotopic (exact) mass is 308 g/mol. The average molecular weight is 309 g/mol. The molecule has 1 heterocycles. The number of likely N-dealkylation sites (N-methyl/N-ethyl adjacent to an activating group) is 1. The lowest BCUT2D eigenvalue weighted by Crippen LogP contribution is -2.26. The van der Waals surface area contributed by atoms with E-state index < -0.39 is 0 Å². The van der Waals surface area contributed by atoms with Gasteiger partial charge in [0.2, 0.25) is 5.91 Å². The first-order valence-electron chi connectivity index (χ1n) is 5.40. The molecule has 0 aliphatic heterocycles. The van der Waals surface area contributed by atoms with Gasteiger partial charge in [0.1, 0.15) is 0 Å². The second kappa shape index (κ2) is 5.22. The van der Waals surface area contributed by atoms with E-state index in [9.17, 15) is 4.79 Å². The molecule has 0 atom stereocenters. The Labute approximate surface area is 113 Å². The number of anilines is 2. The highest BCUT2D eigenvalue weighted by atomic mass is 79.9.